The van der Waals surface area contributed by atoms with Crippen molar-refractivity contribution >= 4 is 26.7 Å². The first kappa shape index (κ1) is 16.6. The zero-order valence-electron chi connectivity index (χ0n) is 14.2. The smallest absolute Gasteiger partial charge is 0.143 e. The average molecular weight is 397 g/mol. The lowest BCUT2D eigenvalue weighted by Crippen LogP contribution is -3.13. The molecule has 3 aromatic rings. The summed E-state index contributed by atoms with van der Waals surface area (Å²) < 4.78 is 1.09. The van der Waals surface area contributed by atoms with Gasteiger partial charge in [-0.25, -0.2) is 0 Å². The number of phenols is 1. The number of piperidine rings is 1. The van der Waals surface area contributed by atoms with E-state index in [-0.39, 0.29) is 6.04 Å². The van der Waals surface area contributed by atoms with Crippen LogP contribution in [0.2, 0.25) is 0 Å². The third-order valence-corrected chi connectivity index (χ3v) is 5.87. The van der Waals surface area contributed by atoms with E-state index in [1.807, 2.05) is 12.1 Å². The fourth-order valence-corrected chi connectivity index (χ4v) is 4.41. The molecule has 25 heavy (non-hydrogen) atoms. The number of phenolic OH excluding ortho intramolecular Hbond substituents is 1. The molecule has 0 aliphatic carbocycles. The molecule has 4 rings (SSSR count). The minimum absolute atomic E-state index is 0.166. The molecule has 128 valence electrons. The van der Waals surface area contributed by atoms with Crippen LogP contribution in [-0.2, 0) is 0 Å². The van der Waals surface area contributed by atoms with Crippen molar-refractivity contribution < 1.29 is 10.0 Å². The van der Waals surface area contributed by atoms with Crippen molar-refractivity contribution in [1.29, 1.82) is 0 Å². The topological polar surface area (TPSA) is 24.7 Å². The zero-order chi connectivity index (χ0) is 17.2. The van der Waals surface area contributed by atoms with E-state index in [2.05, 4.69) is 64.5 Å². The Morgan fingerprint density at radius 2 is 1.56 bits per heavy atom. The number of hydrogen-bond acceptors (Lipinski definition) is 1. The maximum Gasteiger partial charge on any atom is 0.143 e. The van der Waals surface area contributed by atoms with Crippen molar-refractivity contribution in [3.63, 3.8) is 0 Å². The molecule has 2 nitrogen and oxygen atoms in total. The molecule has 1 aliphatic rings. The van der Waals surface area contributed by atoms with Gasteiger partial charge < -0.3 is 10.0 Å². The van der Waals surface area contributed by atoms with Gasteiger partial charge in [0.2, 0.25) is 0 Å². The summed E-state index contributed by atoms with van der Waals surface area (Å²) in [5.74, 6) is 0.407. The summed E-state index contributed by atoms with van der Waals surface area (Å²) in [4.78, 5) is 1.56. The zero-order valence-corrected chi connectivity index (χ0v) is 15.8. The van der Waals surface area contributed by atoms with Gasteiger partial charge in [0.1, 0.15) is 11.8 Å². The van der Waals surface area contributed by atoms with Crippen molar-refractivity contribution in [2.75, 3.05) is 13.1 Å². The summed E-state index contributed by atoms with van der Waals surface area (Å²) in [7, 11) is 0. The van der Waals surface area contributed by atoms with Crippen molar-refractivity contribution in [3.05, 3.63) is 76.3 Å². The fraction of sp³-hybridized carbons (Fsp3) is 0.273. The molecule has 1 atom stereocenters. The molecule has 3 aromatic carbocycles. The summed E-state index contributed by atoms with van der Waals surface area (Å²) in [5, 5.41) is 13.2. The van der Waals surface area contributed by atoms with Gasteiger partial charge in [-0.15, -0.1) is 0 Å². The monoisotopic (exact) mass is 396 g/mol. The van der Waals surface area contributed by atoms with Crippen LogP contribution >= 0.6 is 15.9 Å². The second-order valence-corrected chi connectivity index (χ2v) is 7.84. The molecule has 1 heterocycles. The molecule has 3 heteroatoms. The van der Waals surface area contributed by atoms with Gasteiger partial charge in [-0.2, -0.15) is 0 Å². The van der Waals surface area contributed by atoms with Gasteiger partial charge in [-0.05, 0) is 48.2 Å². The first-order valence-electron chi connectivity index (χ1n) is 9.05. The minimum Gasteiger partial charge on any atom is -0.507 e. The third-order valence-electron chi connectivity index (χ3n) is 5.34. The van der Waals surface area contributed by atoms with Crippen LogP contribution in [0.3, 0.4) is 0 Å². The molecule has 2 N–H and O–H groups in total. The van der Waals surface area contributed by atoms with Gasteiger partial charge in [0.25, 0.3) is 0 Å². The summed E-state index contributed by atoms with van der Waals surface area (Å²) in [6, 6.07) is 21.0. The Morgan fingerprint density at radius 1 is 0.840 bits per heavy atom. The van der Waals surface area contributed by atoms with Crippen LogP contribution < -0.4 is 4.90 Å². The first-order valence-corrected chi connectivity index (χ1v) is 9.84. The van der Waals surface area contributed by atoms with E-state index < -0.39 is 0 Å². The molecule has 1 saturated heterocycles. The Balaban J connectivity index is 1.91. The molecule has 0 unspecified atom stereocenters. The molecule has 1 aliphatic heterocycles. The van der Waals surface area contributed by atoms with Crippen LogP contribution in [0.1, 0.15) is 36.4 Å². The number of likely N-dealkylation sites (tertiary alicyclic amines) is 1. The van der Waals surface area contributed by atoms with E-state index >= 15 is 0 Å². The van der Waals surface area contributed by atoms with Gasteiger partial charge in [-0.1, -0.05) is 58.4 Å². The lowest BCUT2D eigenvalue weighted by molar-refractivity contribution is -0.930. The van der Waals surface area contributed by atoms with E-state index in [9.17, 15) is 5.11 Å². The summed E-state index contributed by atoms with van der Waals surface area (Å²) >= 11 is 3.54. The molecule has 0 spiro atoms. The van der Waals surface area contributed by atoms with Crippen molar-refractivity contribution in [1.82, 2.24) is 0 Å². The Labute approximate surface area is 157 Å². The van der Waals surface area contributed by atoms with Crippen LogP contribution in [0.4, 0.5) is 0 Å². The Kier molecular flexibility index (Phi) is 4.78. The van der Waals surface area contributed by atoms with E-state index in [0.717, 1.165) is 28.5 Å². The summed E-state index contributed by atoms with van der Waals surface area (Å²) in [6.07, 6.45) is 3.83. The molecular weight excluding hydrogens is 374 g/mol. The fourth-order valence-electron chi connectivity index (χ4n) is 4.14. The highest BCUT2D eigenvalue weighted by Gasteiger charge is 2.31. The van der Waals surface area contributed by atoms with Gasteiger partial charge in [0, 0.05) is 10.0 Å². The highest BCUT2D eigenvalue weighted by atomic mass is 79.9. The number of rotatable bonds is 3. The van der Waals surface area contributed by atoms with E-state index in [4.69, 9.17) is 0 Å². The molecule has 0 aromatic heterocycles. The van der Waals surface area contributed by atoms with Gasteiger partial charge >= 0.3 is 0 Å². The quantitative estimate of drug-likeness (QED) is 0.670. The number of fused-ring (bicyclic) bond motifs is 1. The lowest BCUT2D eigenvalue weighted by Gasteiger charge is -2.33. The number of hydrogen-bond donors (Lipinski definition) is 2. The predicted octanol–water partition coefficient (Wildman–Crippen LogP) is 4.47. The van der Waals surface area contributed by atoms with Crippen LogP contribution in [0.15, 0.2) is 65.1 Å². The van der Waals surface area contributed by atoms with Crippen molar-refractivity contribution in [2.45, 2.75) is 25.3 Å². The van der Waals surface area contributed by atoms with Crippen LogP contribution in [0, 0.1) is 0 Å². The maximum absolute atomic E-state index is 10.8. The SMILES string of the molecule is Oc1ccc2ccccc2c1[C@H](c1ccc(Br)cc1)[NH+]1CCCCC1. The number of aromatic hydroxyl groups is 1. The number of benzene rings is 3. The summed E-state index contributed by atoms with van der Waals surface area (Å²) in [6.45, 7) is 2.31. The predicted molar refractivity (Wildman–Crippen MR) is 106 cm³/mol. The molecule has 1 fully saturated rings. The highest BCUT2D eigenvalue weighted by molar-refractivity contribution is 9.10. The van der Waals surface area contributed by atoms with Crippen molar-refractivity contribution in [2.24, 2.45) is 0 Å². The van der Waals surface area contributed by atoms with Gasteiger partial charge in [0.05, 0.1) is 18.7 Å². The van der Waals surface area contributed by atoms with Crippen LogP contribution in [-0.4, -0.2) is 18.2 Å². The first-order chi connectivity index (χ1) is 12.2. The molecule has 0 amide bonds. The average Bonchev–Trinajstić information content (AvgIpc) is 2.66. The van der Waals surface area contributed by atoms with Crippen molar-refractivity contribution in [3.8, 4) is 5.75 Å². The maximum atomic E-state index is 10.8. The standard InChI is InChI=1S/C22H22BrNO/c23-18-11-8-17(9-12-18)22(24-14-4-1-5-15-24)21-19-7-3-2-6-16(19)10-13-20(21)25/h2-3,6-13,22,25H,1,4-5,14-15H2/p+1/t22-/m0/s1. The second-order valence-electron chi connectivity index (χ2n) is 6.92. The minimum atomic E-state index is 0.166. The largest absolute Gasteiger partial charge is 0.507 e. The van der Waals surface area contributed by atoms with Crippen LogP contribution in [0.5, 0.6) is 5.75 Å². The normalized spacial score (nSPS) is 16.8. The lowest BCUT2D eigenvalue weighted by atomic mass is 9.90. The second kappa shape index (κ2) is 7.19. The highest BCUT2D eigenvalue weighted by Crippen LogP contribution is 2.35. The van der Waals surface area contributed by atoms with Gasteiger partial charge in [0.15, 0.2) is 0 Å². The molecule has 0 radical (unpaired) electrons. The Hall–Kier alpha value is -1.84. The number of halogens is 1. The molecule has 0 saturated carbocycles. The van der Waals surface area contributed by atoms with E-state index in [0.29, 0.717) is 5.75 Å². The Morgan fingerprint density at radius 3 is 2.32 bits per heavy atom. The summed E-state index contributed by atoms with van der Waals surface area (Å²) in [5.41, 5.74) is 2.34. The van der Waals surface area contributed by atoms with E-state index in [1.165, 1.54) is 30.2 Å². The van der Waals surface area contributed by atoms with E-state index in [1.54, 1.807) is 4.90 Å². The number of quaternary nitrogens is 1. The third kappa shape index (κ3) is 3.31. The Bertz CT molecular complexity index is 869. The van der Waals surface area contributed by atoms with Crippen LogP contribution in [0.25, 0.3) is 10.8 Å². The number of nitrogens with one attached hydrogen (secondary N) is 1. The molecular formula is C22H23BrNO+. The van der Waals surface area contributed by atoms with Gasteiger partial charge in [-0.3, -0.25) is 0 Å². The molecule has 0 bridgehead atoms.